The van der Waals surface area contributed by atoms with Crippen molar-refractivity contribution in [3.05, 3.63) is 0 Å². The van der Waals surface area contributed by atoms with Crippen molar-refractivity contribution in [2.75, 3.05) is 13.2 Å². The van der Waals surface area contributed by atoms with Gasteiger partial charge in [0.05, 0.1) is 0 Å². The van der Waals surface area contributed by atoms with Crippen molar-refractivity contribution < 1.29 is 14.6 Å². The molecule has 1 N–H and O–H groups in total. The zero-order valence-electron chi connectivity index (χ0n) is 8.15. The summed E-state index contributed by atoms with van der Waals surface area (Å²) in [6.07, 6.45) is 4.24. The maximum Gasteiger partial charge on any atom is 0.316 e. The number of rotatable bonds is 4. The molecular weight excluding hydrogens is 200 g/mol. The lowest BCUT2D eigenvalue weighted by Crippen LogP contribution is -2.26. The second-order valence-corrected chi connectivity index (χ2v) is 5.49. The minimum Gasteiger partial charge on any atom is -0.480 e. The lowest BCUT2D eigenvalue weighted by molar-refractivity contribution is -0.136. The maximum absolute atomic E-state index is 11.0. The molecule has 2 fully saturated rings. The van der Waals surface area contributed by atoms with E-state index in [1.54, 1.807) is 11.8 Å². The Morgan fingerprint density at radius 3 is 2.43 bits per heavy atom. The van der Waals surface area contributed by atoms with Crippen LogP contribution in [0.4, 0.5) is 0 Å². The Labute approximate surface area is 88.2 Å². The topological polar surface area (TPSA) is 46.5 Å². The highest BCUT2D eigenvalue weighted by molar-refractivity contribution is 8.01. The smallest absolute Gasteiger partial charge is 0.316 e. The van der Waals surface area contributed by atoms with Crippen LogP contribution in [0.1, 0.15) is 25.7 Å². The van der Waals surface area contributed by atoms with Crippen LogP contribution in [0, 0.1) is 5.92 Å². The number of hydrogen-bond acceptors (Lipinski definition) is 3. The number of hydrogen-bond donors (Lipinski definition) is 1. The predicted octanol–water partition coefficient (Wildman–Crippen LogP) is 1.76. The summed E-state index contributed by atoms with van der Waals surface area (Å²) >= 11 is 1.66. The Balaban J connectivity index is 1.82. The van der Waals surface area contributed by atoms with E-state index in [0.717, 1.165) is 38.9 Å². The molecule has 80 valence electrons. The summed E-state index contributed by atoms with van der Waals surface area (Å²) in [5, 5.41) is 9.41. The number of carbonyl (C=O) groups is 1. The Bertz CT molecular complexity index is 209. The average Bonchev–Trinajstić information content (AvgIpc) is 2.99. The molecule has 0 radical (unpaired) electrons. The molecule has 0 spiro atoms. The van der Waals surface area contributed by atoms with E-state index in [1.165, 1.54) is 0 Å². The van der Waals surface area contributed by atoms with Crippen molar-refractivity contribution in [3.63, 3.8) is 0 Å². The molecule has 0 aromatic carbocycles. The quantitative estimate of drug-likeness (QED) is 0.778. The first-order valence-electron chi connectivity index (χ1n) is 5.23. The van der Waals surface area contributed by atoms with E-state index in [9.17, 15) is 4.79 Å². The van der Waals surface area contributed by atoms with Gasteiger partial charge in [0.15, 0.2) is 0 Å². The van der Waals surface area contributed by atoms with Gasteiger partial charge in [0, 0.05) is 18.5 Å². The number of aliphatic carboxylic acids is 1. The average molecular weight is 216 g/mol. The molecule has 0 aromatic rings. The summed E-state index contributed by atoms with van der Waals surface area (Å²) < 4.78 is 5.26. The van der Waals surface area contributed by atoms with E-state index in [1.807, 2.05) is 0 Å². The molecular formula is C10H16O3S. The first kappa shape index (κ1) is 10.3. The van der Waals surface area contributed by atoms with Crippen LogP contribution in [0.5, 0.6) is 0 Å². The molecule has 1 heterocycles. The molecule has 0 amide bonds. The lowest BCUT2D eigenvalue weighted by atomic mass is 10.2. The van der Waals surface area contributed by atoms with Crippen LogP contribution in [-0.4, -0.2) is 34.8 Å². The van der Waals surface area contributed by atoms with Gasteiger partial charge in [0.1, 0.15) is 5.25 Å². The molecule has 2 rings (SSSR count). The third-order valence-corrected chi connectivity index (χ3v) is 4.54. The second kappa shape index (κ2) is 4.53. The van der Waals surface area contributed by atoms with E-state index >= 15 is 0 Å². The summed E-state index contributed by atoms with van der Waals surface area (Å²) in [7, 11) is 0. The van der Waals surface area contributed by atoms with Crippen LogP contribution >= 0.6 is 11.8 Å². The minimum absolute atomic E-state index is 0.155. The van der Waals surface area contributed by atoms with Crippen LogP contribution in [0.25, 0.3) is 0 Å². The SMILES string of the molecule is O=C(O)C(SC1CCOCC1)C1CC1. The Morgan fingerprint density at radius 2 is 1.93 bits per heavy atom. The third-order valence-electron chi connectivity index (χ3n) is 2.80. The summed E-state index contributed by atoms with van der Waals surface area (Å²) in [5.74, 6) is -0.177. The van der Waals surface area contributed by atoms with Crippen LogP contribution in [-0.2, 0) is 9.53 Å². The highest BCUT2D eigenvalue weighted by Crippen LogP contribution is 2.42. The summed E-state index contributed by atoms with van der Waals surface area (Å²) in [4.78, 5) is 11.0. The van der Waals surface area contributed by atoms with Gasteiger partial charge in [-0.2, -0.15) is 0 Å². The second-order valence-electron chi connectivity index (χ2n) is 4.04. The van der Waals surface area contributed by atoms with E-state index in [2.05, 4.69) is 0 Å². The maximum atomic E-state index is 11.0. The minimum atomic E-state index is -0.621. The fourth-order valence-electron chi connectivity index (χ4n) is 1.79. The van der Waals surface area contributed by atoms with Gasteiger partial charge < -0.3 is 9.84 Å². The molecule has 1 aliphatic heterocycles. The zero-order valence-corrected chi connectivity index (χ0v) is 8.96. The van der Waals surface area contributed by atoms with Gasteiger partial charge in [-0.15, -0.1) is 11.8 Å². The van der Waals surface area contributed by atoms with Crippen LogP contribution < -0.4 is 0 Å². The molecule has 3 nitrogen and oxygen atoms in total. The highest BCUT2D eigenvalue weighted by atomic mass is 32.2. The lowest BCUT2D eigenvalue weighted by Gasteiger charge is -2.24. The number of carboxylic acids is 1. The van der Waals surface area contributed by atoms with Crippen molar-refractivity contribution in [2.45, 2.75) is 36.2 Å². The van der Waals surface area contributed by atoms with E-state index in [-0.39, 0.29) is 5.25 Å². The van der Waals surface area contributed by atoms with Crippen LogP contribution in [0.15, 0.2) is 0 Å². The van der Waals surface area contributed by atoms with Gasteiger partial charge in [-0.3, -0.25) is 4.79 Å². The summed E-state index contributed by atoms with van der Waals surface area (Å²) in [6, 6.07) is 0. The Morgan fingerprint density at radius 1 is 1.29 bits per heavy atom. The van der Waals surface area contributed by atoms with Gasteiger partial charge >= 0.3 is 5.97 Å². The molecule has 0 bridgehead atoms. The first-order chi connectivity index (χ1) is 6.77. The molecule has 14 heavy (non-hydrogen) atoms. The standard InChI is InChI=1S/C10H16O3S/c11-10(12)9(7-1-2-7)14-8-3-5-13-6-4-8/h7-9H,1-6H2,(H,11,12). The number of ether oxygens (including phenoxy) is 1. The van der Waals surface area contributed by atoms with Crippen LogP contribution in [0.2, 0.25) is 0 Å². The van der Waals surface area contributed by atoms with Crippen molar-refractivity contribution in [2.24, 2.45) is 5.92 Å². The highest BCUT2D eigenvalue weighted by Gasteiger charge is 2.38. The number of carboxylic acid groups (broad SMARTS) is 1. The van der Waals surface area contributed by atoms with Crippen molar-refractivity contribution in [3.8, 4) is 0 Å². The predicted molar refractivity (Wildman–Crippen MR) is 55.6 cm³/mol. The zero-order chi connectivity index (χ0) is 9.97. The molecule has 1 atom stereocenters. The van der Waals surface area contributed by atoms with Gasteiger partial charge in [-0.05, 0) is 31.6 Å². The summed E-state index contributed by atoms with van der Waals surface area (Å²) in [6.45, 7) is 1.60. The molecule has 2 aliphatic rings. The molecule has 1 aliphatic carbocycles. The first-order valence-corrected chi connectivity index (χ1v) is 6.17. The Kier molecular flexibility index (Phi) is 3.34. The largest absolute Gasteiger partial charge is 0.480 e. The molecule has 1 saturated heterocycles. The van der Waals surface area contributed by atoms with Crippen molar-refractivity contribution >= 4 is 17.7 Å². The summed E-state index contributed by atoms with van der Waals surface area (Å²) in [5.41, 5.74) is 0. The van der Waals surface area contributed by atoms with E-state index < -0.39 is 5.97 Å². The van der Waals surface area contributed by atoms with Crippen molar-refractivity contribution in [1.29, 1.82) is 0 Å². The van der Waals surface area contributed by atoms with E-state index in [0.29, 0.717) is 11.2 Å². The van der Waals surface area contributed by atoms with Crippen LogP contribution in [0.3, 0.4) is 0 Å². The van der Waals surface area contributed by atoms with Gasteiger partial charge in [0.2, 0.25) is 0 Å². The molecule has 4 heteroatoms. The van der Waals surface area contributed by atoms with Gasteiger partial charge in [-0.25, -0.2) is 0 Å². The van der Waals surface area contributed by atoms with E-state index in [4.69, 9.17) is 9.84 Å². The van der Waals surface area contributed by atoms with Gasteiger partial charge in [0.25, 0.3) is 0 Å². The fourth-order valence-corrected chi connectivity index (χ4v) is 3.28. The fraction of sp³-hybridized carbons (Fsp3) is 0.900. The number of thioether (sulfide) groups is 1. The third kappa shape index (κ3) is 2.64. The monoisotopic (exact) mass is 216 g/mol. The Hall–Kier alpha value is -0.220. The molecule has 0 aromatic heterocycles. The molecule has 1 unspecified atom stereocenters. The molecule has 1 saturated carbocycles. The van der Waals surface area contributed by atoms with Gasteiger partial charge in [-0.1, -0.05) is 0 Å². The normalized spacial score (nSPS) is 26.0. The van der Waals surface area contributed by atoms with Crippen molar-refractivity contribution in [1.82, 2.24) is 0 Å².